The summed E-state index contributed by atoms with van der Waals surface area (Å²) in [4.78, 5) is 5.09. The first-order valence-electron chi connectivity index (χ1n) is 8.77. The van der Waals surface area contributed by atoms with Gasteiger partial charge >= 0.3 is 0 Å². The van der Waals surface area contributed by atoms with Crippen molar-refractivity contribution in [2.45, 2.75) is 71.0 Å². The molecular formula is C17H37N3O. The molecule has 4 heteroatoms. The third-order valence-corrected chi connectivity index (χ3v) is 5.04. The Morgan fingerprint density at radius 1 is 1.29 bits per heavy atom. The Bertz CT molecular complexity index is 279. The molecule has 126 valence electrons. The molecule has 2 N–H and O–H groups in total. The second-order valence-corrected chi connectivity index (χ2v) is 7.04. The third-order valence-electron chi connectivity index (χ3n) is 5.04. The number of hydrogen-bond donors (Lipinski definition) is 2. The molecule has 2 atom stereocenters. The zero-order chi connectivity index (χ0) is 15.9. The van der Waals surface area contributed by atoms with Crippen LogP contribution >= 0.6 is 0 Å². The highest BCUT2D eigenvalue weighted by Crippen LogP contribution is 2.19. The SMILES string of the molecule is CCC1CN(CCCC(CC)(CO)NC(C)C)CCN1C. The molecular weight excluding hydrogens is 262 g/mol. The topological polar surface area (TPSA) is 38.7 Å². The van der Waals surface area contributed by atoms with Crippen LogP contribution in [-0.4, -0.2) is 72.4 Å². The van der Waals surface area contributed by atoms with Crippen molar-refractivity contribution in [1.82, 2.24) is 15.1 Å². The van der Waals surface area contributed by atoms with Gasteiger partial charge in [-0.3, -0.25) is 0 Å². The van der Waals surface area contributed by atoms with E-state index in [-0.39, 0.29) is 12.1 Å². The standard InChI is InChI=1S/C17H37N3O/c1-6-16-13-20(12-11-19(16)5)10-8-9-17(7-2,14-21)18-15(3)4/h15-16,18,21H,6-14H2,1-5H3. The number of nitrogens with zero attached hydrogens (tertiary/aromatic N) is 2. The lowest BCUT2D eigenvalue weighted by Crippen LogP contribution is -2.53. The predicted molar refractivity (Wildman–Crippen MR) is 90.8 cm³/mol. The highest BCUT2D eigenvalue weighted by Gasteiger charge is 2.28. The van der Waals surface area contributed by atoms with Gasteiger partial charge in [0.25, 0.3) is 0 Å². The lowest BCUT2D eigenvalue weighted by molar-refractivity contribution is 0.0843. The zero-order valence-electron chi connectivity index (χ0n) is 14.9. The van der Waals surface area contributed by atoms with Gasteiger partial charge in [-0.05, 0) is 39.3 Å². The predicted octanol–water partition coefficient (Wildman–Crippen LogP) is 1.93. The van der Waals surface area contributed by atoms with E-state index in [0.717, 1.165) is 25.8 Å². The fourth-order valence-electron chi connectivity index (χ4n) is 3.50. The van der Waals surface area contributed by atoms with Gasteiger partial charge in [0.2, 0.25) is 0 Å². The Morgan fingerprint density at radius 2 is 2.00 bits per heavy atom. The molecule has 0 aromatic rings. The average Bonchev–Trinajstić information content (AvgIpc) is 2.47. The fraction of sp³-hybridized carbons (Fsp3) is 1.00. The molecule has 1 heterocycles. The van der Waals surface area contributed by atoms with Crippen LogP contribution in [0.3, 0.4) is 0 Å². The zero-order valence-corrected chi connectivity index (χ0v) is 14.9. The van der Waals surface area contributed by atoms with Gasteiger partial charge in [0.15, 0.2) is 0 Å². The first-order chi connectivity index (χ1) is 9.96. The Labute approximate surface area is 131 Å². The van der Waals surface area contributed by atoms with E-state index < -0.39 is 0 Å². The van der Waals surface area contributed by atoms with E-state index in [9.17, 15) is 5.11 Å². The van der Waals surface area contributed by atoms with Crippen LogP contribution in [0, 0.1) is 0 Å². The van der Waals surface area contributed by atoms with Gasteiger partial charge in [0, 0.05) is 37.3 Å². The van der Waals surface area contributed by atoms with Crippen molar-refractivity contribution < 1.29 is 5.11 Å². The quantitative estimate of drug-likeness (QED) is 0.682. The molecule has 0 bridgehead atoms. The summed E-state index contributed by atoms with van der Waals surface area (Å²) in [5, 5.41) is 13.4. The molecule has 0 aromatic heterocycles. The number of piperazine rings is 1. The van der Waals surface area contributed by atoms with Crippen LogP contribution in [0.4, 0.5) is 0 Å². The summed E-state index contributed by atoms with van der Waals surface area (Å²) in [5.74, 6) is 0. The Morgan fingerprint density at radius 3 is 2.52 bits per heavy atom. The largest absolute Gasteiger partial charge is 0.394 e. The molecule has 0 radical (unpaired) electrons. The summed E-state index contributed by atoms with van der Waals surface area (Å²) < 4.78 is 0. The molecule has 0 aliphatic carbocycles. The van der Waals surface area contributed by atoms with Crippen molar-refractivity contribution in [1.29, 1.82) is 0 Å². The summed E-state index contributed by atoms with van der Waals surface area (Å²) in [6.45, 7) is 13.7. The van der Waals surface area contributed by atoms with Gasteiger partial charge < -0.3 is 20.2 Å². The van der Waals surface area contributed by atoms with E-state index in [1.54, 1.807) is 0 Å². The van der Waals surface area contributed by atoms with Crippen molar-refractivity contribution in [2.75, 3.05) is 39.8 Å². The highest BCUT2D eigenvalue weighted by molar-refractivity contribution is 4.88. The molecule has 0 amide bonds. The number of likely N-dealkylation sites (N-methyl/N-ethyl adjacent to an activating group) is 1. The third kappa shape index (κ3) is 5.85. The lowest BCUT2D eigenvalue weighted by Gasteiger charge is -2.40. The van der Waals surface area contributed by atoms with Gasteiger partial charge in [-0.15, -0.1) is 0 Å². The monoisotopic (exact) mass is 299 g/mol. The van der Waals surface area contributed by atoms with Crippen LogP contribution in [-0.2, 0) is 0 Å². The van der Waals surface area contributed by atoms with E-state index in [0.29, 0.717) is 12.1 Å². The maximum Gasteiger partial charge on any atom is 0.0613 e. The molecule has 0 aromatic carbocycles. The minimum atomic E-state index is -0.0924. The summed E-state index contributed by atoms with van der Waals surface area (Å²) in [7, 11) is 2.24. The number of hydrogen-bond acceptors (Lipinski definition) is 4. The van der Waals surface area contributed by atoms with Gasteiger partial charge in [-0.2, -0.15) is 0 Å². The van der Waals surface area contributed by atoms with Crippen LogP contribution in [0.2, 0.25) is 0 Å². The van der Waals surface area contributed by atoms with E-state index in [4.69, 9.17) is 0 Å². The second-order valence-electron chi connectivity index (χ2n) is 7.04. The molecule has 2 unspecified atom stereocenters. The molecule has 1 fully saturated rings. The van der Waals surface area contributed by atoms with Crippen molar-refractivity contribution in [3.8, 4) is 0 Å². The number of aliphatic hydroxyl groups excluding tert-OH is 1. The van der Waals surface area contributed by atoms with E-state index >= 15 is 0 Å². The summed E-state index contributed by atoms with van der Waals surface area (Å²) in [5.41, 5.74) is -0.0924. The average molecular weight is 300 g/mol. The first-order valence-corrected chi connectivity index (χ1v) is 8.77. The van der Waals surface area contributed by atoms with Crippen molar-refractivity contribution in [2.24, 2.45) is 0 Å². The summed E-state index contributed by atoms with van der Waals surface area (Å²) in [6.07, 6.45) is 4.44. The van der Waals surface area contributed by atoms with Gasteiger partial charge in [-0.1, -0.05) is 27.7 Å². The van der Waals surface area contributed by atoms with Gasteiger partial charge in [-0.25, -0.2) is 0 Å². The lowest BCUT2D eigenvalue weighted by atomic mass is 9.90. The minimum absolute atomic E-state index is 0.0924. The molecule has 1 saturated heterocycles. The molecule has 0 spiro atoms. The fourth-order valence-corrected chi connectivity index (χ4v) is 3.50. The van der Waals surface area contributed by atoms with Crippen LogP contribution in [0.15, 0.2) is 0 Å². The van der Waals surface area contributed by atoms with Crippen LogP contribution in [0.1, 0.15) is 53.4 Å². The first kappa shape index (κ1) is 18.9. The molecule has 1 rings (SSSR count). The minimum Gasteiger partial charge on any atom is -0.394 e. The Kier molecular flexibility index (Phi) is 8.17. The molecule has 4 nitrogen and oxygen atoms in total. The summed E-state index contributed by atoms with van der Waals surface area (Å²) in [6, 6.07) is 1.13. The highest BCUT2D eigenvalue weighted by atomic mass is 16.3. The number of rotatable bonds is 9. The van der Waals surface area contributed by atoms with E-state index in [2.05, 4.69) is 49.9 Å². The summed E-state index contributed by atoms with van der Waals surface area (Å²) >= 11 is 0. The van der Waals surface area contributed by atoms with Crippen molar-refractivity contribution in [3.05, 3.63) is 0 Å². The van der Waals surface area contributed by atoms with E-state index in [1.807, 2.05) is 0 Å². The maximum absolute atomic E-state index is 9.79. The van der Waals surface area contributed by atoms with Crippen LogP contribution in [0.5, 0.6) is 0 Å². The van der Waals surface area contributed by atoms with Gasteiger partial charge in [0.05, 0.1) is 6.61 Å². The normalized spacial score (nSPS) is 24.4. The van der Waals surface area contributed by atoms with Crippen molar-refractivity contribution >= 4 is 0 Å². The molecule has 21 heavy (non-hydrogen) atoms. The number of nitrogens with one attached hydrogen (secondary N) is 1. The molecule has 0 saturated carbocycles. The van der Waals surface area contributed by atoms with Crippen molar-refractivity contribution in [3.63, 3.8) is 0 Å². The maximum atomic E-state index is 9.79. The number of aliphatic hydroxyl groups is 1. The molecule has 1 aliphatic heterocycles. The van der Waals surface area contributed by atoms with Crippen LogP contribution in [0.25, 0.3) is 0 Å². The van der Waals surface area contributed by atoms with Crippen LogP contribution < -0.4 is 5.32 Å². The second kappa shape index (κ2) is 9.09. The Balaban J connectivity index is 2.40. The van der Waals surface area contributed by atoms with Gasteiger partial charge in [0.1, 0.15) is 0 Å². The Hall–Kier alpha value is -0.160. The smallest absolute Gasteiger partial charge is 0.0613 e. The van der Waals surface area contributed by atoms with E-state index in [1.165, 1.54) is 26.1 Å². The molecule has 1 aliphatic rings.